The van der Waals surface area contributed by atoms with E-state index in [4.69, 9.17) is 4.74 Å². The van der Waals surface area contributed by atoms with Crippen molar-refractivity contribution < 1.29 is 14.6 Å². The van der Waals surface area contributed by atoms with Crippen molar-refractivity contribution in [2.45, 2.75) is 72.3 Å². The van der Waals surface area contributed by atoms with E-state index in [0.29, 0.717) is 18.7 Å². The molecule has 0 aliphatic heterocycles. The predicted octanol–water partition coefficient (Wildman–Crippen LogP) is 5.60. The number of rotatable bonds is 13. The van der Waals surface area contributed by atoms with Gasteiger partial charge < -0.3 is 20.1 Å². The number of hydrogen-bond acceptors (Lipinski definition) is 6. The minimum absolute atomic E-state index is 0.0353. The zero-order valence-electron chi connectivity index (χ0n) is 19.4. The van der Waals surface area contributed by atoms with Crippen LogP contribution in [0.5, 0.6) is 6.01 Å². The average Bonchev–Trinajstić information content (AvgIpc) is 2.77. The van der Waals surface area contributed by atoms with Gasteiger partial charge in [-0.05, 0) is 56.7 Å². The molecule has 0 aliphatic carbocycles. The molecule has 1 heterocycles. The summed E-state index contributed by atoms with van der Waals surface area (Å²) in [6, 6.07) is 7.03. The Bertz CT molecular complexity index is 822. The summed E-state index contributed by atoms with van der Waals surface area (Å²) in [6.07, 6.45) is 6.39. The number of hydrogen-bond donors (Lipinski definition) is 2. The molecule has 0 fully saturated rings. The molecule has 2 N–H and O–H groups in total. The van der Waals surface area contributed by atoms with Crippen molar-refractivity contribution in [3.8, 4) is 6.01 Å². The highest BCUT2D eigenvalue weighted by atomic mass is 16.5. The molecule has 1 atom stereocenters. The van der Waals surface area contributed by atoms with Gasteiger partial charge in [0.1, 0.15) is 0 Å². The van der Waals surface area contributed by atoms with Gasteiger partial charge in [-0.3, -0.25) is 4.79 Å². The second kappa shape index (κ2) is 12.1. The molecule has 170 valence electrons. The highest BCUT2D eigenvalue weighted by Crippen LogP contribution is 2.35. The lowest BCUT2D eigenvalue weighted by molar-refractivity contribution is -0.137. The first-order valence-electron chi connectivity index (χ1n) is 11.3. The van der Waals surface area contributed by atoms with E-state index in [1.54, 1.807) is 12.4 Å². The fraction of sp³-hybridized carbons (Fsp3) is 0.542. The molecule has 1 aromatic carbocycles. The van der Waals surface area contributed by atoms with E-state index in [0.717, 1.165) is 48.4 Å². The molecule has 0 saturated heterocycles. The minimum atomic E-state index is -0.780. The quantitative estimate of drug-likeness (QED) is 0.429. The maximum atomic E-state index is 11.3. The van der Waals surface area contributed by atoms with E-state index in [1.807, 2.05) is 13.8 Å². The average molecular weight is 429 g/mol. The summed E-state index contributed by atoms with van der Waals surface area (Å²) in [7, 11) is 0. The van der Waals surface area contributed by atoms with Gasteiger partial charge in [0.05, 0.1) is 42.5 Å². The first kappa shape index (κ1) is 24.4. The molecular formula is C24H36N4O3. The highest BCUT2D eigenvalue weighted by Gasteiger charge is 2.20. The van der Waals surface area contributed by atoms with Gasteiger partial charge in [-0.2, -0.15) is 0 Å². The largest absolute Gasteiger partial charge is 0.481 e. The SMILES string of the molecule is CCOc1ncc(Nc2cc([C@H](CC)CC(=O)O)ccc2N(CC)C(CC)CC)cn1. The maximum Gasteiger partial charge on any atom is 0.316 e. The van der Waals surface area contributed by atoms with Crippen LogP contribution < -0.4 is 15.0 Å². The van der Waals surface area contributed by atoms with Crippen LogP contribution >= 0.6 is 0 Å². The molecule has 0 bridgehead atoms. The van der Waals surface area contributed by atoms with Crippen LogP contribution in [0.2, 0.25) is 0 Å². The van der Waals surface area contributed by atoms with Crippen molar-refractivity contribution in [3.63, 3.8) is 0 Å². The zero-order chi connectivity index (χ0) is 22.8. The lowest BCUT2D eigenvalue weighted by Gasteiger charge is -2.34. The molecule has 0 aliphatic rings. The molecule has 2 rings (SSSR count). The van der Waals surface area contributed by atoms with Crippen LogP contribution in [0.15, 0.2) is 30.6 Å². The minimum Gasteiger partial charge on any atom is -0.481 e. The van der Waals surface area contributed by atoms with E-state index in [9.17, 15) is 9.90 Å². The fourth-order valence-electron chi connectivity index (χ4n) is 3.96. The van der Waals surface area contributed by atoms with Gasteiger partial charge in [-0.1, -0.05) is 26.8 Å². The van der Waals surface area contributed by atoms with Crippen molar-refractivity contribution >= 4 is 23.0 Å². The first-order valence-corrected chi connectivity index (χ1v) is 11.3. The number of anilines is 3. The number of carbonyl (C=O) groups is 1. The van der Waals surface area contributed by atoms with Gasteiger partial charge in [-0.25, -0.2) is 9.97 Å². The molecule has 0 amide bonds. The Balaban J connectivity index is 2.47. The van der Waals surface area contributed by atoms with E-state index in [1.165, 1.54) is 0 Å². The lowest BCUT2D eigenvalue weighted by atomic mass is 9.92. The van der Waals surface area contributed by atoms with Gasteiger partial charge in [0.25, 0.3) is 0 Å². The van der Waals surface area contributed by atoms with Crippen molar-refractivity contribution in [1.29, 1.82) is 0 Å². The van der Waals surface area contributed by atoms with Crippen molar-refractivity contribution in [2.24, 2.45) is 0 Å². The highest BCUT2D eigenvalue weighted by molar-refractivity contribution is 5.76. The van der Waals surface area contributed by atoms with Crippen LogP contribution in [0.25, 0.3) is 0 Å². The molecule has 0 spiro atoms. The summed E-state index contributed by atoms with van der Waals surface area (Å²) in [5.41, 5.74) is 3.80. The second-order valence-electron chi connectivity index (χ2n) is 7.55. The van der Waals surface area contributed by atoms with Crippen LogP contribution in [-0.4, -0.2) is 40.2 Å². The monoisotopic (exact) mass is 428 g/mol. The topological polar surface area (TPSA) is 87.6 Å². The van der Waals surface area contributed by atoms with Crippen molar-refractivity contribution in [1.82, 2.24) is 9.97 Å². The Hall–Kier alpha value is -2.83. The van der Waals surface area contributed by atoms with Gasteiger partial charge in [-0.15, -0.1) is 0 Å². The molecule has 0 saturated carbocycles. The number of aliphatic carboxylic acids is 1. The normalized spacial score (nSPS) is 11.9. The van der Waals surface area contributed by atoms with Gasteiger partial charge in [0.2, 0.25) is 0 Å². The number of nitrogens with one attached hydrogen (secondary N) is 1. The number of nitrogens with zero attached hydrogens (tertiary/aromatic N) is 3. The third-order valence-electron chi connectivity index (χ3n) is 5.62. The first-order chi connectivity index (χ1) is 15.0. The molecule has 0 unspecified atom stereocenters. The molecular weight excluding hydrogens is 392 g/mol. The number of benzene rings is 1. The number of carboxylic acid groups (broad SMARTS) is 1. The van der Waals surface area contributed by atoms with Crippen LogP contribution in [-0.2, 0) is 4.79 Å². The Morgan fingerprint density at radius 1 is 1.10 bits per heavy atom. The number of carboxylic acids is 1. The van der Waals surface area contributed by atoms with Crippen LogP contribution in [0.1, 0.15) is 71.8 Å². The van der Waals surface area contributed by atoms with E-state index >= 15 is 0 Å². The van der Waals surface area contributed by atoms with Crippen LogP contribution in [0.4, 0.5) is 17.1 Å². The standard InChI is InChI=1S/C24H36N4O3/c1-6-17(14-23(29)30)18-11-12-22(28(9-4)20(7-2)8-3)21(13-18)27-19-15-25-24(26-16-19)31-10-5/h11-13,15-17,20,27H,6-10,14H2,1-5H3,(H,29,30)/t17-/m1/s1. The fourth-order valence-corrected chi connectivity index (χ4v) is 3.96. The van der Waals surface area contributed by atoms with Gasteiger partial charge in [0, 0.05) is 12.6 Å². The summed E-state index contributed by atoms with van der Waals surface area (Å²) >= 11 is 0. The Morgan fingerprint density at radius 3 is 2.29 bits per heavy atom. The zero-order valence-corrected chi connectivity index (χ0v) is 19.4. The summed E-state index contributed by atoms with van der Waals surface area (Å²) in [5.74, 6) is -0.815. The molecule has 1 aromatic heterocycles. The van der Waals surface area contributed by atoms with Crippen LogP contribution in [0.3, 0.4) is 0 Å². The van der Waals surface area contributed by atoms with Crippen LogP contribution in [0, 0.1) is 0 Å². The third kappa shape index (κ3) is 6.57. The van der Waals surface area contributed by atoms with E-state index < -0.39 is 5.97 Å². The number of ether oxygens (including phenoxy) is 1. The predicted molar refractivity (Wildman–Crippen MR) is 126 cm³/mol. The van der Waals surface area contributed by atoms with E-state index in [-0.39, 0.29) is 12.3 Å². The number of aromatic nitrogens is 2. The molecule has 7 heteroatoms. The Labute approximate surface area is 185 Å². The summed E-state index contributed by atoms with van der Waals surface area (Å²) in [4.78, 5) is 22.2. The van der Waals surface area contributed by atoms with E-state index in [2.05, 4.69) is 59.2 Å². The Morgan fingerprint density at radius 2 is 1.77 bits per heavy atom. The Kier molecular flexibility index (Phi) is 9.56. The van der Waals surface area contributed by atoms with Gasteiger partial charge >= 0.3 is 12.0 Å². The lowest BCUT2D eigenvalue weighted by Crippen LogP contribution is -2.34. The third-order valence-corrected chi connectivity index (χ3v) is 5.62. The summed E-state index contributed by atoms with van der Waals surface area (Å²) in [6.45, 7) is 11.9. The van der Waals surface area contributed by atoms with Gasteiger partial charge in [0.15, 0.2) is 0 Å². The molecule has 31 heavy (non-hydrogen) atoms. The molecule has 7 nitrogen and oxygen atoms in total. The smallest absolute Gasteiger partial charge is 0.316 e. The molecule has 0 radical (unpaired) electrons. The maximum absolute atomic E-state index is 11.3. The summed E-state index contributed by atoms with van der Waals surface area (Å²) in [5, 5.41) is 12.8. The van der Waals surface area contributed by atoms with Crippen molar-refractivity contribution in [3.05, 3.63) is 36.2 Å². The van der Waals surface area contributed by atoms with Crippen molar-refractivity contribution in [2.75, 3.05) is 23.4 Å². The summed E-state index contributed by atoms with van der Waals surface area (Å²) < 4.78 is 5.34. The second-order valence-corrected chi connectivity index (χ2v) is 7.55. The molecule has 2 aromatic rings.